The molecule has 1 aliphatic heterocycles. The Morgan fingerprint density at radius 1 is 0.893 bits per heavy atom. The predicted molar refractivity (Wildman–Crippen MR) is 103 cm³/mol. The fourth-order valence-electron chi connectivity index (χ4n) is 5.26. The van der Waals surface area contributed by atoms with Crippen molar-refractivity contribution in [3.8, 4) is 5.75 Å². The number of Topliss-reactive ketones (excluding diaryl/α,β-unsaturated/α-hetero) is 1. The van der Waals surface area contributed by atoms with Crippen molar-refractivity contribution in [1.29, 1.82) is 0 Å². The molecule has 5 rings (SSSR count). The number of ether oxygens (including phenoxy) is 1. The molecule has 0 spiro atoms. The zero-order valence-electron chi connectivity index (χ0n) is 15.4. The van der Waals surface area contributed by atoms with E-state index in [1.54, 1.807) is 48.5 Å². The largest absolute Gasteiger partial charge is 0.483 e. The molecule has 2 aromatic rings. The van der Waals surface area contributed by atoms with E-state index in [-0.39, 0.29) is 36.0 Å². The number of benzene rings is 2. The molecule has 1 heterocycles. The topological polar surface area (TPSA) is 63.7 Å². The van der Waals surface area contributed by atoms with Crippen LogP contribution in [0.2, 0.25) is 0 Å². The van der Waals surface area contributed by atoms with E-state index in [0.29, 0.717) is 28.8 Å². The van der Waals surface area contributed by atoms with Gasteiger partial charge >= 0.3 is 0 Å². The summed E-state index contributed by atoms with van der Waals surface area (Å²) in [5, 5.41) is 0. The number of carbonyl (C=O) groups excluding carboxylic acids is 3. The van der Waals surface area contributed by atoms with Crippen molar-refractivity contribution < 1.29 is 19.1 Å². The number of ketones is 1. The van der Waals surface area contributed by atoms with Crippen molar-refractivity contribution in [3.63, 3.8) is 0 Å². The van der Waals surface area contributed by atoms with Crippen molar-refractivity contribution in [2.24, 2.45) is 23.7 Å². The van der Waals surface area contributed by atoms with Crippen LogP contribution >= 0.6 is 0 Å². The van der Waals surface area contributed by atoms with E-state index in [1.807, 2.05) is 6.07 Å². The van der Waals surface area contributed by atoms with Crippen molar-refractivity contribution in [1.82, 2.24) is 0 Å². The lowest BCUT2D eigenvalue weighted by atomic mass is 9.81. The maximum atomic E-state index is 13.1. The van der Waals surface area contributed by atoms with Crippen molar-refractivity contribution in [2.75, 3.05) is 11.5 Å². The Kier molecular flexibility index (Phi) is 4.04. The summed E-state index contributed by atoms with van der Waals surface area (Å²) >= 11 is 0. The highest BCUT2D eigenvalue weighted by molar-refractivity contribution is 6.23. The van der Waals surface area contributed by atoms with E-state index >= 15 is 0 Å². The number of fused-ring (bicyclic) bond motifs is 5. The van der Waals surface area contributed by atoms with Gasteiger partial charge in [0.05, 0.1) is 17.5 Å². The van der Waals surface area contributed by atoms with Gasteiger partial charge in [-0.3, -0.25) is 14.4 Å². The van der Waals surface area contributed by atoms with Crippen LogP contribution in [0.5, 0.6) is 5.75 Å². The van der Waals surface area contributed by atoms with E-state index in [0.717, 1.165) is 19.3 Å². The standard InChI is InChI=1S/C23H21NO4/c25-18(14-6-2-1-3-7-14)13-28-19-9-5-4-8-17(19)24-22(26)20-15-10-11-16(12-15)21(20)23(24)27/h1-9,15-16,20-21H,10-13H2/t15-,16-,20-,21-/m0/s1. The summed E-state index contributed by atoms with van der Waals surface area (Å²) in [7, 11) is 0. The van der Waals surface area contributed by atoms with E-state index in [1.165, 1.54) is 4.90 Å². The maximum Gasteiger partial charge on any atom is 0.238 e. The molecule has 2 aliphatic carbocycles. The van der Waals surface area contributed by atoms with Crippen LogP contribution in [-0.2, 0) is 9.59 Å². The molecule has 3 fully saturated rings. The van der Waals surface area contributed by atoms with Gasteiger partial charge in [-0.2, -0.15) is 0 Å². The van der Waals surface area contributed by atoms with Crippen molar-refractivity contribution >= 4 is 23.3 Å². The molecule has 0 N–H and O–H groups in total. The van der Waals surface area contributed by atoms with Gasteiger partial charge in [0, 0.05) is 5.56 Å². The molecule has 28 heavy (non-hydrogen) atoms. The van der Waals surface area contributed by atoms with Gasteiger partial charge in [0.1, 0.15) is 5.75 Å². The minimum Gasteiger partial charge on any atom is -0.483 e. The minimum absolute atomic E-state index is 0.104. The van der Waals surface area contributed by atoms with Gasteiger partial charge in [-0.05, 0) is 43.2 Å². The van der Waals surface area contributed by atoms with Gasteiger partial charge in [-0.25, -0.2) is 4.90 Å². The van der Waals surface area contributed by atoms with Crippen LogP contribution in [0.4, 0.5) is 5.69 Å². The van der Waals surface area contributed by atoms with Gasteiger partial charge in [-0.15, -0.1) is 0 Å². The second kappa shape index (κ2) is 6.59. The van der Waals surface area contributed by atoms with Gasteiger partial charge < -0.3 is 4.74 Å². The normalized spacial score (nSPS) is 27.9. The summed E-state index contributed by atoms with van der Waals surface area (Å²) < 4.78 is 5.76. The third-order valence-corrected chi connectivity index (χ3v) is 6.49. The van der Waals surface area contributed by atoms with Crippen LogP contribution in [0.15, 0.2) is 54.6 Å². The van der Waals surface area contributed by atoms with Crippen LogP contribution in [0.25, 0.3) is 0 Å². The van der Waals surface area contributed by atoms with Crippen LogP contribution in [0.3, 0.4) is 0 Å². The summed E-state index contributed by atoms with van der Waals surface area (Å²) in [5.41, 5.74) is 1.02. The molecule has 0 unspecified atom stereocenters. The van der Waals surface area contributed by atoms with E-state index in [9.17, 15) is 14.4 Å². The Morgan fingerprint density at radius 2 is 1.50 bits per heavy atom. The molecule has 5 heteroatoms. The maximum absolute atomic E-state index is 13.1. The third kappa shape index (κ3) is 2.57. The molecule has 5 nitrogen and oxygen atoms in total. The number of anilines is 1. The molecule has 0 aromatic heterocycles. The lowest BCUT2D eigenvalue weighted by Gasteiger charge is -2.20. The number of nitrogens with zero attached hydrogens (tertiary/aromatic N) is 1. The first kappa shape index (κ1) is 17.2. The first-order chi connectivity index (χ1) is 13.6. The summed E-state index contributed by atoms with van der Waals surface area (Å²) in [6, 6.07) is 15.9. The van der Waals surface area contributed by atoms with Gasteiger partial charge in [0.2, 0.25) is 11.8 Å². The molecule has 4 atom stereocenters. The third-order valence-electron chi connectivity index (χ3n) is 6.49. The summed E-state index contributed by atoms with van der Waals surface area (Å²) in [4.78, 5) is 39.8. The Bertz CT molecular complexity index is 926. The number of carbonyl (C=O) groups is 3. The SMILES string of the molecule is O=C(COc1ccccc1N1C(=O)[C@H]2[C@H]3CC[C@@H](C3)[C@@H]2C1=O)c1ccccc1. The number of amides is 2. The fourth-order valence-corrected chi connectivity index (χ4v) is 5.26. The van der Waals surface area contributed by atoms with Gasteiger partial charge in [-0.1, -0.05) is 42.5 Å². The van der Waals surface area contributed by atoms with Crippen LogP contribution in [0, 0.1) is 23.7 Å². The highest BCUT2D eigenvalue weighted by atomic mass is 16.5. The number of imide groups is 1. The zero-order chi connectivity index (χ0) is 19.3. The molecular formula is C23H21NO4. The first-order valence-electron chi connectivity index (χ1n) is 9.83. The molecule has 2 amide bonds. The Labute approximate surface area is 163 Å². The smallest absolute Gasteiger partial charge is 0.238 e. The van der Waals surface area contributed by atoms with E-state index < -0.39 is 0 Å². The van der Waals surface area contributed by atoms with Gasteiger partial charge in [0.15, 0.2) is 12.4 Å². The molecule has 142 valence electrons. The van der Waals surface area contributed by atoms with E-state index in [4.69, 9.17) is 4.74 Å². The Morgan fingerprint density at radius 3 is 2.18 bits per heavy atom. The molecule has 2 saturated carbocycles. The average Bonchev–Trinajstić information content (AvgIpc) is 3.41. The lowest BCUT2D eigenvalue weighted by molar-refractivity contribution is -0.123. The van der Waals surface area contributed by atoms with Crippen LogP contribution < -0.4 is 9.64 Å². The monoisotopic (exact) mass is 375 g/mol. The predicted octanol–water partition coefficient (Wildman–Crippen LogP) is 3.48. The van der Waals surface area contributed by atoms with Crippen LogP contribution in [0.1, 0.15) is 29.6 Å². The highest BCUT2D eigenvalue weighted by Crippen LogP contribution is 2.57. The Balaban J connectivity index is 1.39. The molecule has 2 aromatic carbocycles. The summed E-state index contributed by atoms with van der Waals surface area (Å²) in [6.07, 6.45) is 3.09. The van der Waals surface area contributed by atoms with Crippen molar-refractivity contribution in [2.45, 2.75) is 19.3 Å². The fraction of sp³-hybridized carbons (Fsp3) is 0.348. The number of rotatable bonds is 5. The number of hydrogen-bond acceptors (Lipinski definition) is 4. The lowest BCUT2D eigenvalue weighted by Crippen LogP contribution is -2.33. The first-order valence-corrected chi connectivity index (χ1v) is 9.83. The number of para-hydroxylation sites is 2. The summed E-state index contributed by atoms with van der Waals surface area (Å²) in [5.74, 6) is 0.356. The average molecular weight is 375 g/mol. The Hall–Kier alpha value is -2.95. The van der Waals surface area contributed by atoms with E-state index in [2.05, 4.69) is 0 Å². The molecule has 2 bridgehead atoms. The molecule has 1 saturated heterocycles. The zero-order valence-corrected chi connectivity index (χ0v) is 15.4. The second-order valence-electron chi connectivity index (χ2n) is 7.94. The quantitative estimate of drug-likeness (QED) is 0.593. The van der Waals surface area contributed by atoms with Gasteiger partial charge in [0.25, 0.3) is 0 Å². The summed E-state index contributed by atoms with van der Waals surface area (Å²) in [6.45, 7) is -0.143. The number of hydrogen-bond donors (Lipinski definition) is 0. The highest BCUT2D eigenvalue weighted by Gasteiger charge is 2.61. The minimum atomic E-state index is -0.176. The van der Waals surface area contributed by atoms with Crippen LogP contribution in [-0.4, -0.2) is 24.2 Å². The van der Waals surface area contributed by atoms with Crippen molar-refractivity contribution in [3.05, 3.63) is 60.2 Å². The molecule has 3 aliphatic rings. The second-order valence-corrected chi connectivity index (χ2v) is 7.94. The molecule has 0 radical (unpaired) electrons. The molecular weight excluding hydrogens is 354 g/mol.